The van der Waals surface area contributed by atoms with Crippen molar-refractivity contribution in [1.29, 1.82) is 0 Å². The Kier molecular flexibility index (Phi) is 5.42. The Morgan fingerprint density at radius 2 is 2.00 bits per heavy atom. The second-order valence-corrected chi connectivity index (χ2v) is 7.44. The minimum Gasteiger partial charge on any atom is -0.341 e. The van der Waals surface area contributed by atoms with Crippen LogP contribution in [0.25, 0.3) is 0 Å². The number of amides is 2. The van der Waals surface area contributed by atoms with Gasteiger partial charge < -0.3 is 15.5 Å². The summed E-state index contributed by atoms with van der Waals surface area (Å²) in [4.78, 5) is 29.8. The number of hydrogen-bond donors (Lipinski definition) is 1. The monoisotopic (exact) mass is 343 g/mol. The highest BCUT2D eigenvalue weighted by Crippen LogP contribution is 2.28. The van der Waals surface area contributed by atoms with Crippen LogP contribution >= 0.6 is 0 Å². The molecule has 136 valence electrons. The Morgan fingerprint density at radius 3 is 2.64 bits per heavy atom. The third-order valence-corrected chi connectivity index (χ3v) is 5.78. The second-order valence-electron chi connectivity index (χ2n) is 7.44. The summed E-state index contributed by atoms with van der Waals surface area (Å²) >= 11 is 0. The number of benzene rings is 1. The van der Waals surface area contributed by atoms with Crippen molar-refractivity contribution in [1.82, 2.24) is 9.80 Å². The van der Waals surface area contributed by atoms with Crippen LogP contribution in [-0.2, 0) is 22.6 Å². The third kappa shape index (κ3) is 3.56. The van der Waals surface area contributed by atoms with E-state index in [2.05, 4.69) is 12.1 Å². The molecule has 0 radical (unpaired) electrons. The van der Waals surface area contributed by atoms with E-state index in [0.717, 1.165) is 31.5 Å². The smallest absolute Gasteiger partial charge is 0.245 e. The highest BCUT2D eigenvalue weighted by Gasteiger charge is 2.39. The minimum absolute atomic E-state index is 0.0593. The molecule has 2 amide bonds. The van der Waals surface area contributed by atoms with Gasteiger partial charge in [0.15, 0.2) is 0 Å². The van der Waals surface area contributed by atoms with Gasteiger partial charge in [-0.05, 0) is 36.4 Å². The quantitative estimate of drug-likeness (QED) is 0.906. The molecule has 0 aliphatic carbocycles. The average Bonchev–Trinajstić information content (AvgIpc) is 3.14. The van der Waals surface area contributed by atoms with E-state index in [1.807, 2.05) is 35.8 Å². The van der Waals surface area contributed by atoms with Crippen LogP contribution < -0.4 is 5.73 Å². The van der Waals surface area contributed by atoms with Crippen LogP contribution in [0.3, 0.4) is 0 Å². The first-order valence-electron chi connectivity index (χ1n) is 9.41. The summed E-state index contributed by atoms with van der Waals surface area (Å²) < 4.78 is 0. The van der Waals surface area contributed by atoms with Crippen molar-refractivity contribution in [3.05, 3.63) is 35.4 Å². The van der Waals surface area contributed by atoms with Crippen molar-refractivity contribution in [2.24, 2.45) is 17.6 Å². The number of fused-ring (bicyclic) bond motifs is 1. The molecule has 0 spiro atoms. The normalized spacial score (nSPS) is 24.1. The molecule has 1 aromatic carbocycles. The molecule has 2 heterocycles. The number of carbonyl (C=O) groups is 2. The lowest BCUT2D eigenvalue weighted by atomic mass is 9.91. The molecule has 5 nitrogen and oxygen atoms in total. The zero-order valence-corrected chi connectivity index (χ0v) is 15.3. The first-order chi connectivity index (χ1) is 12.0. The van der Waals surface area contributed by atoms with Crippen LogP contribution in [0.15, 0.2) is 24.3 Å². The lowest BCUT2D eigenvalue weighted by Crippen LogP contribution is -2.54. The summed E-state index contributed by atoms with van der Waals surface area (Å²) in [6.45, 7) is 6.59. The number of nitrogens with two attached hydrogens (primary N) is 1. The van der Waals surface area contributed by atoms with Crippen LogP contribution in [0.5, 0.6) is 0 Å². The molecular weight excluding hydrogens is 314 g/mol. The van der Waals surface area contributed by atoms with Gasteiger partial charge in [-0.2, -0.15) is 0 Å². The van der Waals surface area contributed by atoms with Crippen molar-refractivity contribution < 1.29 is 9.59 Å². The van der Waals surface area contributed by atoms with Crippen molar-refractivity contribution in [2.75, 3.05) is 19.6 Å². The van der Waals surface area contributed by atoms with Crippen molar-refractivity contribution in [3.8, 4) is 0 Å². The van der Waals surface area contributed by atoms with Crippen LogP contribution in [-0.4, -0.2) is 47.3 Å². The van der Waals surface area contributed by atoms with Gasteiger partial charge in [0.2, 0.25) is 11.8 Å². The predicted octanol–water partition coefficient (Wildman–Crippen LogP) is 1.79. The molecule has 25 heavy (non-hydrogen) atoms. The summed E-state index contributed by atoms with van der Waals surface area (Å²) in [5.41, 5.74) is 8.11. The molecule has 1 aromatic rings. The van der Waals surface area contributed by atoms with Crippen molar-refractivity contribution in [3.63, 3.8) is 0 Å². The van der Waals surface area contributed by atoms with E-state index < -0.39 is 0 Å². The molecule has 0 bridgehead atoms. The van der Waals surface area contributed by atoms with Gasteiger partial charge in [-0.1, -0.05) is 38.1 Å². The van der Waals surface area contributed by atoms with Gasteiger partial charge in [-0.15, -0.1) is 0 Å². The molecule has 0 saturated carbocycles. The Bertz CT molecular complexity index is 646. The maximum absolute atomic E-state index is 13.2. The fourth-order valence-corrected chi connectivity index (χ4v) is 3.87. The lowest BCUT2D eigenvalue weighted by molar-refractivity contribution is -0.148. The second kappa shape index (κ2) is 7.56. The Labute approximate surface area is 150 Å². The SMILES string of the molecule is CCC(C)C(=O)N1Cc2ccccc2CC1C(=O)N1CCC(CN)C1. The molecule has 1 fully saturated rings. The van der Waals surface area contributed by atoms with Gasteiger partial charge in [-0.3, -0.25) is 9.59 Å². The molecule has 0 aromatic heterocycles. The molecule has 3 unspecified atom stereocenters. The number of rotatable bonds is 4. The van der Waals surface area contributed by atoms with Gasteiger partial charge in [0, 0.05) is 32.0 Å². The molecule has 3 atom stereocenters. The third-order valence-electron chi connectivity index (χ3n) is 5.78. The molecular formula is C20H29N3O2. The van der Waals surface area contributed by atoms with Gasteiger partial charge in [-0.25, -0.2) is 0 Å². The standard InChI is InChI=1S/C20H29N3O2/c1-3-14(2)19(24)23-13-17-7-5-4-6-16(17)10-18(23)20(25)22-9-8-15(11-21)12-22/h4-7,14-15,18H,3,8-13,21H2,1-2H3. The molecule has 2 aliphatic rings. The van der Waals surface area contributed by atoms with Gasteiger partial charge in [0.25, 0.3) is 0 Å². The number of nitrogens with zero attached hydrogens (tertiary/aromatic N) is 2. The minimum atomic E-state index is -0.382. The Morgan fingerprint density at radius 1 is 1.28 bits per heavy atom. The maximum atomic E-state index is 13.2. The van der Waals surface area contributed by atoms with Crippen molar-refractivity contribution >= 4 is 11.8 Å². The largest absolute Gasteiger partial charge is 0.341 e. The Hall–Kier alpha value is -1.88. The molecule has 2 aliphatic heterocycles. The molecule has 1 saturated heterocycles. The topological polar surface area (TPSA) is 66.6 Å². The predicted molar refractivity (Wildman–Crippen MR) is 97.7 cm³/mol. The highest BCUT2D eigenvalue weighted by atomic mass is 16.2. The Balaban J connectivity index is 1.85. The van der Waals surface area contributed by atoms with Crippen LogP contribution in [0, 0.1) is 11.8 Å². The molecule has 3 rings (SSSR count). The van der Waals surface area contributed by atoms with Crippen LogP contribution in [0.4, 0.5) is 0 Å². The zero-order valence-electron chi connectivity index (χ0n) is 15.3. The molecule has 5 heteroatoms. The van der Waals surface area contributed by atoms with Crippen LogP contribution in [0.2, 0.25) is 0 Å². The first kappa shape index (κ1) is 17.9. The van der Waals surface area contributed by atoms with Gasteiger partial charge in [0.05, 0.1) is 0 Å². The highest BCUT2D eigenvalue weighted by molar-refractivity contribution is 5.89. The van der Waals surface area contributed by atoms with E-state index >= 15 is 0 Å². The summed E-state index contributed by atoms with van der Waals surface area (Å²) in [6.07, 6.45) is 2.36. The average molecular weight is 343 g/mol. The summed E-state index contributed by atoms with van der Waals surface area (Å²) in [6, 6.07) is 7.76. The lowest BCUT2D eigenvalue weighted by Gasteiger charge is -2.39. The fourth-order valence-electron chi connectivity index (χ4n) is 3.87. The maximum Gasteiger partial charge on any atom is 0.245 e. The van der Waals surface area contributed by atoms with Crippen LogP contribution in [0.1, 0.15) is 37.8 Å². The number of hydrogen-bond acceptors (Lipinski definition) is 3. The number of carbonyl (C=O) groups excluding carboxylic acids is 2. The van der Waals surface area contributed by atoms with E-state index in [9.17, 15) is 9.59 Å². The van der Waals surface area contributed by atoms with E-state index in [1.54, 1.807) is 0 Å². The summed E-state index contributed by atoms with van der Waals surface area (Å²) in [5, 5.41) is 0. The zero-order chi connectivity index (χ0) is 18.0. The molecule has 2 N–H and O–H groups in total. The van der Waals surface area contributed by atoms with E-state index in [1.165, 1.54) is 5.56 Å². The van der Waals surface area contributed by atoms with E-state index in [4.69, 9.17) is 5.73 Å². The van der Waals surface area contributed by atoms with Gasteiger partial charge >= 0.3 is 0 Å². The van der Waals surface area contributed by atoms with Gasteiger partial charge in [0.1, 0.15) is 6.04 Å². The fraction of sp³-hybridized carbons (Fsp3) is 0.600. The van der Waals surface area contributed by atoms with E-state index in [-0.39, 0.29) is 23.8 Å². The van der Waals surface area contributed by atoms with Crippen molar-refractivity contribution in [2.45, 2.75) is 45.7 Å². The summed E-state index contributed by atoms with van der Waals surface area (Å²) in [5.74, 6) is 0.501. The number of likely N-dealkylation sites (tertiary alicyclic amines) is 1. The first-order valence-corrected chi connectivity index (χ1v) is 9.41. The van der Waals surface area contributed by atoms with E-state index in [0.29, 0.717) is 25.4 Å². The summed E-state index contributed by atoms with van der Waals surface area (Å²) in [7, 11) is 0.